The highest BCUT2D eigenvalue weighted by Crippen LogP contribution is 2.27. The van der Waals surface area contributed by atoms with Gasteiger partial charge in [-0.3, -0.25) is 4.79 Å². The number of carbonyl (C=O) groups is 1. The molecule has 2 aromatic rings. The highest BCUT2D eigenvalue weighted by Gasteiger charge is 2.29. The highest BCUT2D eigenvalue weighted by atomic mass is 32.1. The zero-order valence-corrected chi connectivity index (χ0v) is 17.1. The Kier molecular flexibility index (Phi) is 6.37. The molecule has 0 bridgehead atoms. The van der Waals surface area contributed by atoms with Crippen LogP contribution in [0.3, 0.4) is 0 Å². The van der Waals surface area contributed by atoms with Crippen molar-refractivity contribution in [1.29, 1.82) is 0 Å². The second kappa shape index (κ2) is 9.14. The van der Waals surface area contributed by atoms with E-state index in [2.05, 4.69) is 14.8 Å². The van der Waals surface area contributed by atoms with E-state index >= 15 is 0 Å². The maximum atomic E-state index is 14.0. The first kappa shape index (κ1) is 19.5. The maximum absolute atomic E-state index is 14.0. The number of amides is 1. The average molecular weight is 402 g/mol. The molecule has 2 aliphatic rings. The van der Waals surface area contributed by atoms with Crippen molar-refractivity contribution in [3.63, 3.8) is 0 Å². The molecule has 3 heterocycles. The van der Waals surface area contributed by atoms with Gasteiger partial charge < -0.3 is 9.80 Å². The minimum Gasteiger partial charge on any atom is -0.338 e. The molecule has 0 aliphatic carbocycles. The van der Waals surface area contributed by atoms with E-state index in [1.807, 2.05) is 11.4 Å². The summed E-state index contributed by atoms with van der Waals surface area (Å²) in [4.78, 5) is 22.2. The van der Waals surface area contributed by atoms with Crippen molar-refractivity contribution in [3.8, 4) is 10.6 Å². The number of rotatable bonds is 5. The van der Waals surface area contributed by atoms with Gasteiger partial charge in [-0.05, 0) is 57.3 Å². The first-order chi connectivity index (χ1) is 13.7. The van der Waals surface area contributed by atoms with Crippen LogP contribution in [0, 0.1) is 5.82 Å². The predicted molar refractivity (Wildman–Crippen MR) is 111 cm³/mol. The molecule has 4 rings (SSSR count). The Hall–Kier alpha value is -1.79. The van der Waals surface area contributed by atoms with Gasteiger partial charge >= 0.3 is 0 Å². The van der Waals surface area contributed by atoms with Crippen LogP contribution in [0.15, 0.2) is 29.6 Å². The van der Waals surface area contributed by atoms with E-state index in [0.29, 0.717) is 23.0 Å². The summed E-state index contributed by atoms with van der Waals surface area (Å²) < 4.78 is 14.0. The molecule has 6 heteroatoms. The molecule has 1 unspecified atom stereocenters. The van der Waals surface area contributed by atoms with Gasteiger partial charge in [-0.2, -0.15) is 0 Å². The lowest BCUT2D eigenvalue weighted by Crippen LogP contribution is -2.50. The number of nitrogens with zero attached hydrogens (tertiary/aromatic N) is 3. The minimum absolute atomic E-state index is 0.159. The van der Waals surface area contributed by atoms with Crippen LogP contribution in [0.5, 0.6) is 0 Å². The molecule has 0 saturated carbocycles. The van der Waals surface area contributed by atoms with E-state index in [1.165, 1.54) is 43.1 Å². The Labute approximate surface area is 170 Å². The van der Waals surface area contributed by atoms with Crippen LogP contribution < -0.4 is 0 Å². The van der Waals surface area contributed by atoms with E-state index in [4.69, 9.17) is 0 Å². The molecule has 0 N–H and O–H groups in total. The summed E-state index contributed by atoms with van der Waals surface area (Å²) >= 11 is 1.40. The Bertz CT molecular complexity index is 803. The van der Waals surface area contributed by atoms with Gasteiger partial charge in [-0.25, -0.2) is 9.37 Å². The van der Waals surface area contributed by atoms with E-state index < -0.39 is 0 Å². The summed E-state index contributed by atoms with van der Waals surface area (Å²) in [6, 6.07) is 6.99. The van der Waals surface area contributed by atoms with Crippen LogP contribution in [-0.4, -0.2) is 52.9 Å². The standard InChI is InChI=1S/C22H28FN3OS/c23-20-10-3-2-9-19(20)22-24-17(16-28-22)14-21(27)26-13-7-4-8-18(26)15-25-11-5-1-6-12-25/h2-3,9-10,16,18H,1,4-8,11-15H2. The van der Waals surface area contributed by atoms with Gasteiger partial charge in [0.05, 0.1) is 12.1 Å². The normalized spacial score (nSPS) is 21.0. The first-order valence-corrected chi connectivity index (χ1v) is 11.3. The summed E-state index contributed by atoms with van der Waals surface area (Å²) in [7, 11) is 0. The Balaban J connectivity index is 1.41. The smallest absolute Gasteiger partial charge is 0.228 e. The number of hydrogen-bond donors (Lipinski definition) is 0. The predicted octanol–water partition coefficient (Wildman–Crippen LogP) is 4.36. The van der Waals surface area contributed by atoms with Crippen molar-refractivity contribution in [3.05, 3.63) is 41.2 Å². The number of likely N-dealkylation sites (tertiary alicyclic amines) is 2. The molecular formula is C22H28FN3OS. The van der Waals surface area contributed by atoms with Crippen LogP contribution in [-0.2, 0) is 11.2 Å². The molecule has 1 atom stereocenters. The quantitative estimate of drug-likeness (QED) is 0.747. The highest BCUT2D eigenvalue weighted by molar-refractivity contribution is 7.13. The Morgan fingerprint density at radius 2 is 1.89 bits per heavy atom. The number of piperidine rings is 2. The minimum atomic E-state index is -0.271. The summed E-state index contributed by atoms with van der Waals surface area (Å²) in [5.74, 6) is -0.112. The molecule has 150 valence electrons. The number of hydrogen-bond acceptors (Lipinski definition) is 4. The lowest BCUT2D eigenvalue weighted by molar-refractivity contribution is -0.134. The summed E-state index contributed by atoms with van der Waals surface area (Å²) in [5, 5.41) is 2.54. The van der Waals surface area contributed by atoms with E-state index in [0.717, 1.165) is 44.7 Å². The zero-order valence-electron chi connectivity index (χ0n) is 16.3. The molecule has 4 nitrogen and oxygen atoms in total. The molecular weight excluding hydrogens is 373 g/mol. The lowest BCUT2D eigenvalue weighted by atomic mass is 9.99. The second-order valence-electron chi connectivity index (χ2n) is 7.90. The fourth-order valence-corrected chi connectivity index (χ4v) is 5.21. The summed E-state index contributed by atoms with van der Waals surface area (Å²) in [6.45, 7) is 4.18. The van der Waals surface area contributed by atoms with Crippen LogP contribution in [0.4, 0.5) is 4.39 Å². The number of benzene rings is 1. The number of thiazole rings is 1. The van der Waals surface area contributed by atoms with E-state index in [1.54, 1.807) is 12.1 Å². The van der Waals surface area contributed by atoms with Gasteiger partial charge in [0.1, 0.15) is 10.8 Å². The van der Waals surface area contributed by atoms with Gasteiger partial charge in [0.25, 0.3) is 0 Å². The van der Waals surface area contributed by atoms with Crippen molar-refractivity contribution < 1.29 is 9.18 Å². The van der Waals surface area contributed by atoms with Crippen molar-refractivity contribution in [2.24, 2.45) is 0 Å². The fraction of sp³-hybridized carbons (Fsp3) is 0.545. The summed E-state index contributed by atoms with van der Waals surface area (Å²) in [5.41, 5.74) is 1.25. The van der Waals surface area contributed by atoms with Crippen LogP contribution in [0.2, 0.25) is 0 Å². The molecule has 0 radical (unpaired) electrons. The monoisotopic (exact) mass is 401 g/mol. The molecule has 2 saturated heterocycles. The van der Waals surface area contributed by atoms with Crippen molar-refractivity contribution in [2.75, 3.05) is 26.2 Å². The van der Waals surface area contributed by atoms with Gasteiger partial charge in [0, 0.05) is 30.1 Å². The van der Waals surface area contributed by atoms with Crippen molar-refractivity contribution in [2.45, 2.75) is 51.0 Å². The molecule has 1 amide bonds. The number of aromatic nitrogens is 1. The molecule has 2 aliphatic heterocycles. The van der Waals surface area contributed by atoms with E-state index in [-0.39, 0.29) is 11.7 Å². The Morgan fingerprint density at radius 3 is 2.71 bits per heavy atom. The molecule has 28 heavy (non-hydrogen) atoms. The molecule has 0 spiro atoms. The third-order valence-corrected chi connectivity index (χ3v) is 6.78. The number of halogens is 1. The molecule has 1 aromatic carbocycles. The van der Waals surface area contributed by atoms with Crippen LogP contribution >= 0.6 is 11.3 Å². The Morgan fingerprint density at radius 1 is 1.11 bits per heavy atom. The lowest BCUT2D eigenvalue weighted by Gasteiger charge is -2.39. The maximum Gasteiger partial charge on any atom is 0.228 e. The van der Waals surface area contributed by atoms with Gasteiger partial charge in [-0.1, -0.05) is 18.6 Å². The second-order valence-corrected chi connectivity index (χ2v) is 8.76. The number of carbonyl (C=O) groups excluding carboxylic acids is 1. The van der Waals surface area contributed by atoms with Crippen LogP contribution in [0.25, 0.3) is 10.6 Å². The first-order valence-electron chi connectivity index (χ1n) is 10.4. The van der Waals surface area contributed by atoms with Crippen molar-refractivity contribution in [1.82, 2.24) is 14.8 Å². The van der Waals surface area contributed by atoms with Crippen molar-refractivity contribution >= 4 is 17.2 Å². The summed E-state index contributed by atoms with van der Waals surface area (Å²) in [6.07, 6.45) is 7.58. The average Bonchev–Trinajstić information content (AvgIpc) is 3.17. The SMILES string of the molecule is O=C(Cc1csc(-c2ccccc2F)n1)N1CCCCC1CN1CCCCC1. The molecule has 1 aromatic heterocycles. The van der Waals surface area contributed by atoms with Gasteiger partial charge in [0.15, 0.2) is 0 Å². The van der Waals surface area contributed by atoms with Gasteiger partial charge in [0.2, 0.25) is 5.91 Å². The van der Waals surface area contributed by atoms with Gasteiger partial charge in [-0.15, -0.1) is 11.3 Å². The zero-order chi connectivity index (χ0) is 19.3. The third-order valence-electron chi connectivity index (χ3n) is 5.85. The van der Waals surface area contributed by atoms with E-state index in [9.17, 15) is 9.18 Å². The largest absolute Gasteiger partial charge is 0.338 e. The molecule has 2 fully saturated rings. The fourth-order valence-electron chi connectivity index (χ4n) is 4.36. The van der Waals surface area contributed by atoms with Crippen LogP contribution in [0.1, 0.15) is 44.2 Å². The third kappa shape index (κ3) is 4.61. The topological polar surface area (TPSA) is 36.4 Å².